The van der Waals surface area contributed by atoms with Gasteiger partial charge in [-0.1, -0.05) is 5.16 Å². The summed E-state index contributed by atoms with van der Waals surface area (Å²) in [7, 11) is -3.61. The Bertz CT molecular complexity index is 653. The van der Waals surface area contributed by atoms with Crippen molar-refractivity contribution < 1.29 is 17.7 Å². The SMILES string of the molecule is Cc1noc(C)c1S(=O)(=O)N1CCN(C(=O)C2CNC2)CC1. The van der Waals surface area contributed by atoms with Gasteiger partial charge in [-0.05, 0) is 13.8 Å². The van der Waals surface area contributed by atoms with Gasteiger partial charge >= 0.3 is 0 Å². The molecule has 3 heterocycles. The Morgan fingerprint density at radius 3 is 2.32 bits per heavy atom. The molecule has 0 unspecified atom stereocenters. The van der Waals surface area contributed by atoms with E-state index in [9.17, 15) is 13.2 Å². The Balaban J connectivity index is 1.69. The summed E-state index contributed by atoms with van der Waals surface area (Å²) >= 11 is 0. The molecule has 2 aliphatic rings. The molecule has 3 rings (SSSR count). The average Bonchev–Trinajstić information content (AvgIpc) is 2.77. The normalized spacial score (nSPS) is 20.9. The molecule has 0 saturated carbocycles. The van der Waals surface area contributed by atoms with Crippen LogP contribution < -0.4 is 5.32 Å². The fourth-order valence-electron chi connectivity index (χ4n) is 2.84. The zero-order valence-electron chi connectivity index (χ0n) is 12.7. The standard InChI is InChI=1S/C13H20N4O4S/c1-9-12(10(2)21-15-9)22(19,20)17-5-3-16(4-6-17)13(18)11-7-14-8-11/h11,14H,3-8H2,1-2H3. The van der Waals surface area contributed by atoms with Crippen LogP contribution in [0, 0.1) is 19.8 Å². The van der Waals surface area contributed by atoms with Gasteiger partial charge in [0.25, 0.3) is 0 Å². The summed E-state index contributed by atoms with van der Waals surface area (Å²) in [6.45, 7) is 6.11. The van der Waals surface area contributed by atoms with Gasteiger partial charge in [0.1, 0.15) is 10.6 Å². The summed E-state index contributed by atoms with van der Waals surface area (Å²) in [4.78, 5) is 14.1. The molecule has 1 aromatic heterocycles. The summed E-state index contributed by atoms with van der Waals surface area (Å²) < 4.78 is 31.7. The van der Waals surface area contributed by atoms with Crippen molar-refractivity contribution >= 4 is 15.9 Å². The number of nitrogens with one attached hydrogen (secondary N) is 1. The van der Waals surface area contributed by atoms with E-state index in [-0.39, 0.29) is 16.7 Å². The van der Waals surface area contributed by atoms with Crippen LogP contribution >= 0.6 is 0 Å². The van der Waals surface area contributed by atoms with Crippen LogP contribution in [0.5, 0.6) is 0 Å². The van der Waals surface area contributed by atoms with E-state index < -0.39 is 10.0 Å². The van der Waals surface area contributed by atoms with Crippen LogP contribution in [0.25, 0.3) is 0 Å². The molecule has 122 valence electrons. The molecule has 0 aliphatic carbocycles. The number of rotatable bonds is 3. The van der Waals surface area contributed by atoms with E-state index in [1.54, 1.807) is 18.7 Å². The van der Waals surface area contributed by atoms with Crippen molar-refractivity contribution in [3.63, 3.8) is 0 Å². The summed E-state index contributed by atoms with van der Waals surface area (Å²) in [5, 5.41) is 6.78. The first-order valence-corrected chi connectivity index (χ1v) is 8.78. The molecular weight excluding hydrogens is 308 g/mol. The maximum atomic E-state index is 12.7. The maximum absolute atomic E-state index is 12.7. The fourth-order valence-corrected chi connectivity index (χ4v) is 4.56. The quantitative estimate of drug-likeness (QED) is 0.792. The highest BCUT2D eigenvalue weighted by atomic mass is 32.2. The fraction of sp³-hybridized carbons (Fsp3) is 0.692. The number of piperazine rings is 1. The summed E-state index contributed by atoms with van der Waals surface area (Å²) in [5.74, 6) is 0.468. The monoisotopic (exact) mass is 328 g/mol. The highest BCUT2D eigenvalue weighted by Crippen LogP contribution is 2.24. The van der Waals surface area contributed by atoms with E-state index in [4.69, 9.17) is 4.52 Å². The summed E-state index contributed by atoms with van der Waals surface area (Å²) in [6, 6.07) is 0. The van der Waals surface area contributed by atoms with Crippen molar-refractivity contribution in [1.82, 2.24) is 19.7 Å². The molecule has 0 aromatic carbocycles. The number of nitrogens with zero attached hydrogens (tertiary/aromatic N) is 3. The Morgan fingerprint density at radius 1 is 1.23 bits per heavy atom. The molecule has 2 fully saturated rings. The van der Waals surface area contributed by atoms with Crippen molar-refractivity contribution in [2.45, 2.75) is 18.7 Å². The smallest absolute Gasteiger partial charge is 0.248 e. The molecule has 2 aliphatic heterocycles. The van der Waals surface area contributed by atoms with Crippen LogP contribution in [0.2, 0.25) is 0 Å². The highest BCUT2D eigenvalue weighted by molar-refractivity contribution is 7.89. The van der Waals surface area contributed by atoms with Gasteiger partial charge in [0.15, 0.2) is 5.76 Å². The topological polar surface area (TPSA) is 95.8 Å². The molecule has 9 heteroatoms. The number of hydrogen-bond acceptors (Lipinski definition) is 6. The van der Waals surface area contributed by atoms with E-state index >= 15 is 0 Å². The molecule has 0 bridgehead atoms. The van der Waals surface area contributed by atoms with Gasteiger partial charge in [0, 0.05) is 39.3 Å². The number of aryl methyl sites for hydroxylation is 2. The molecule has 1 N–H and O–H groups in total. The van der Waals surface area contributed by atoms with Crippen molar-refractivity contribution in [2.24, 2.45) is 5.92 Å². The number of amides is 1. The predicted octanol–water partition coefficient (Wildman–Crippen LogP) is -0.656. The number of carbonyl (C=O) groups excluding carboxylic acids is 1. The van der Waals surface area contributed by atoms with Gasteiger partial charge < -0.3 is 14.7 Å². The Morgan fingerprint density at radius 2 is 1.86 bits per heavy atom. The minimum atomic E-state index is -3.61. The van der Waals surface area contributed by atoms with Crippen LogP contribution in [0.3, 0.4) is 0 Å². The molecule has 1 amide bonds. The lowest BCUT2D eigenvalue weighted by Crippen LogP contribution is -2.57. The van der Waals surface area contributed by atoms with Gasteiger partial charge in [-0.15, -0.1) is 0 Å². The lowest BCUT2D eigenvalue weighted by atomic mass is 10.0. The zero-order valence-corrected chi connectivity index (χ0v) is 13.5. The van der Waals surface area contributed by atoms with Crippen LogP contribution in [-0.2, 0) is 14.8 Å². The number of hydrogen-bond donors (Lipinski definition) is 1. The third-order valence-corrected chi connectivity index (χ3v) is 6.39. The van der Waals surface area contributed by atoms with Gasteiger partial charge in [-0.2, -0.15) is 4.31 Å². The molecular formula is C13H20N4O4S. The van der Waals surface area contributed by atoms with Crippen molar-refractivity contribution in [1.29, 1.82) is 0 Å². The van der Waals surface area contributed by atoms with E-state index in [2.05, 4.69) is 10.5 Å². The first-order valence-electron chi connectivity index (χ1n) is 7.34. The number of sulfonamides is 1. The van der Waals surface area contributed by atoms with Crippen LogP contribution in [0.1, 0.15) is 11.5 Å². The van der Waals surface area contributed by atoms with Crippen LogP contribution in [0.4, 0.5) is 0 Å². The summed E-state index contributed by atoms with van der Waals surface area (Å²) in [6.07, 6.45) is 0. The van der Waals surface area contributed by atoms with Gasteiger partial charge in [-0.25, -0.2) is 8.42 Å². The van der Waals surface area contributed by atoms with Crippen molar-refractivity contribution in [3.8, 4) is 0 Å². The Kier molecular flexibility index (Phi) is 3.96. The molecule has 22 heavy (non-hydrogen) atoms. The van der Waals surface area contributed by atoms with Crippen LogP contribution in [0.15, 0.2) is 9.42 Å². The third kappa shape index (κ3) is 2.53. The van der Waals surface area contributed by atoms with Gasteiger partial charge in [-0.3, -0.25) is 4.79 Å². The van der Waals surface area contributed by atoms with E-state index in [0.717, 1.165) is 13.1 Å². The lowest BCUT2D eigenvalue weighted by Gasteiger charge is -2.37. The summed E-state index contributed by atoms with van der Waals surface area (Å²) in [5.41, 5.74) is 0.372. The highest BCUT2D eigenvalue weighted by Gasteiger charge is 2.36. The number of aromatic nitrogens is 1. The predicted molar refractivity (Wildman–Crippen MR) is 77.7 cm³/mol. The first-order chi connectivity index (χ1) is 10.4. The lowest BCUT2D eigenvalue weighted by molar-refractivity contribution is -0.138. The van der Waals surface area contributed by atoms with Gasteiger partial charge in [0.05, 0.1) is 5.92 Å². The second-order valence-corrected chi connectivity index (χ2v) is 7.61. The van der Waals surface area contributed by atoms with Crippen molar-refractivity contribution in [3.05, 3.63) is 11.5 Å². The molecule has 8 nitrogen and oxygen atoms in total. The van der Waals surface area contributed by atoms with E-state index in [0.29, 0.717) is 37.6 Å². The van der Waals surface area contributed by atoms with Crippen molar-refractivity contribution in [2.75, 3.05) is 39.3 Å². The van der Waals surface area contributed by atoms with Gasteiger partial charge in [0.2, 0.25) is 15.9 Å². The van der Waals surface area contributed by atoms with E-state index in [1.807, 2.05) is 0 Å². The Labute approximate surface area is 129 Å². The van der Waals surface area contributed by atoms with Crippen LogP contribution in [-0.4, -0.2) is 68.0 Å². The molecule has 0 spiro atoms. The van der Waals surface area contributed by atoms with E-state index in [1.165, 1.54) is 4.31 Å². The second kappa shape index (κ2) is 5.64. The Hall–Kier alpha value is -1.45. The molecule has 0 atom stereocenters. The first kappa shape index (κ1) is 15.4. The minimum Gasteiger partial charge on any atom is -0.360 e. The molecule has 1 aromatic rings. The average molecular weight is 328 g/mol. The zero-order chi connectivity index (χ0) is 15.9. The second-order valence-electron chi connectivity index (χ2n) is 5.74. The minimum absolute atomic E-state index is 0.0470. The number of carbonyl (C=O) groups is 1. The molecule has 0 radical (unpaired) electrons. The largest absolute Gasteiger partial charge is 0.360 e. The molecule has 2 saturated heterocycles. The maximum Gasteiger partial charge on any atom is 0.248 e. The third-order valence-electron chi connectivity index (χ3n) is 4.25.